The zero-order chi connectivity index (χ0) is 22.1. The van der Waals surface area contributed by atoms with Gasteiger partial charge in [-0.1, -0.05) is 11.6 Å². The van der Waals surface area contributed by atoms with E-state index < -0.39 is 12.1 Å². The van der Waals surface area contributed by atoms with Gasteiger partial charge in [0.25, 0.3) is 5.71 Å². The van der Waals surface area contributed by atoms with Crippen LogP contribution in [0.2, 0.25) is 5.02 Å². The summed E-state index contributed by atoms with van der Waals surface area (Å²) in [6.07, 6.45) is 0.564. The maximum Gasteiger partial charge on any atom is 0.344 e. The van der Waals surface area contributed by atoms with Gasteiger partial charge in [-0.3, -0.25) is 0 Å². The number of aryl methyl sites for hydroxylation is 2. The molecule has 9 heteroatoms. The number of halogens is 1. The lowest BCUT2D eigenvalue weighted by atomic mass is 10.1. The van der Waals surface area contributed by atoms with Crippen molar-refractivity contribution in [3.8, 4) is 29.0 Å². The van der Waals surface area contributed by atoms with E-state index in [1.807, 2.05) is 26.0 Å². The van der Waals surface area contributed by atoms with Crippen LogP contribution in [0.3, 0.4) is 0 Å². The zero-order valence-corrected chi connectivity index (χ0v) is 17.7. The van der Waals surface area contributed by atoms with E-state index in [1.165, 1.54) is 13.1 Å². The number of carboxylic acid groups (broad SMARTS) is 1. The molecule has 0 fully saturated rings. The van der Waals surface area contributed by atoms with Crippen LogP contribution < -0.4 is 9.47 Å². The molecule has 158 valence electrons. The van der Waals surface area contributed by atoms with E-state index in [0.29, 0.717) is 33.5 Å². The quantitative estimate of drug-likeness (QED) is 0.436. The molecular weight excluding hydrogens is 422 g/mol. The van der Waals surface area contributed by atoms with Gasteiger partial charge in [0.1, 0.15) is 17.0 Å². The number of oxazole rings is 1. The van der Waals surface area contributed by atoms with Crippen molar-refractivity contribution < 1.29 is 23.8 Å². The van der Waals surface area contributed by atoms with Gasteiger partial charge in [-0.25, -0.2) is 14.8 Å². The Bertz CT molecular complexity index is 1250. The highest BCUT2D eigenvalue weighted by Crippen LogP contribution is 2.32. The molecule has 2 aromatic heterocycles. The van der Waals surface area contributed by atoms with Gasteiger partial charge in [-0.15, -0.1) is 0 Å². The first-order valence-electron chi connectivity index (χ1n) is 9.38. The average molecular weight is 440 g/mol. The van der Waals surface area contributed by atoms with E-state index in [2.05, 4.69) is 15.0 Å². The lowest BCUT2D eigenvalue weighted by Crippen LogP contribution is -2.23. The minimum Gasteiger partial charge on any atom is -0.479 e. The van der Waals surface area contributed by atoms with Crippen LogP contribution in [0, 0.1) is 13.8 Å². The molecule has 2 aromatic carbocycles. The summed E-state index contributed by atoms with van der Waals surface area (Å²) in [7, 11) is 0. The number of hydrogen-bond acceptors (Lipinski definition) is 7. The Morgan fingerprint density at radius 1 is 1.13 bits per heavy atom. The first kappa shape index (κ1) is 20.6. The fourth-order valence-corrected chi connectivity index (χ4v) is 3.11. The monoisotopic (exact) mass is 439 g/mol. The van der Waals surface area contributed by atoms with E-state index in [-0.39, 0.29) is 11.7 Å². The van der Waals surface area contributed by atoms with E-state index >= 15 is 0 Å². The Labute approximate surface area is 182 Å². The molecule has 0 aliphatic heterocycles. The van der Waals surface area contributed by atoms with Crippen LogP contribution >= 0.6 is 11.6 Å². The minimum atomic E-state index is -1.03. The lowest BCUT2D eigenvalue weighted by Gasteiger charge is -2.16. The summed E-state index contributed by atoms with van der Waals surface area (Å²) in [4.78, 5) is 24.0. The Hall–Kier alpha value is -3.65. The highest BCUT2D eigenvalue weighted by molar-refractivity contribution is 6.30. The molecule has 0 saturated carbocycles. The van der Waals surface area contributed by atoms with Crippen molar-refractivity contribution in [3.05, 3.63) is 58.7 Å². The number of carbonyl (C=O) groups is 1. The van der Waals surface area contributed by atoms with Crippen molar-refractivity contribution in [1.82, 2.24) is 15.0 Å². The largest absolute Gasteiger partial charge is 0.479 e. The summed E-state index contributed by atoms with van der Waals surface area (Å²) >= 11 is 5.88. The van der Waals surface area contributed by atoms with Crippen molar-refractivity contribution >= 4 is 28.8 Å². The van der Waals surface area contributed by atoms with Gasteiger partial charge < -0.3 is 19.0 Å². The fourth-order valence-electron chi connectivity index (χ4n) is 2.99. The number of benzene rings is 2. The number of fused-ring (bicyclic) bond motifs is 1. The Kier molecular flexibility index (Phi) is 5.48. The summed E-state index contributed by atoms with van der Waals surface area (Å²) in [5.41, 5.74) is 3.01. The molecule has 0 bridgehead atoms. The summed E-state index contributed by atoms with van der Waals surface area (Å²) in [6.45, 7) is 5.15. The molecule has 0 aliphatic carbocycles. The molecule has 31 heavy (non-hydrogen) atoms. The van der Waals surface area contributed by atoms with E-state index in [0.717, 1.165) is 11.1 Å². The number of carboxylic acids is 1. The van der Waals surface area contributed by atoms with Crippen LogP contribution in [-0.2, 0) is 4.79 Å². The lowest BCUT2D eigenvalue weighted by molar-refractivity contribution is -0.144. The maximum atomic E-state index is 11.1. The van der Waals surface area contributed by atoms with Crippen LogP contribution in [0.25, 0.3) is 22.7 Å². The summed E-state index contributed by atoms with van der Waals surface area (Å²) in [6, 6.07) is 10.6. The third-order valence-corrected chi connectivity index (χ3v) is 4.75. The summed E-state index contributed by atoms with van der Waals surface area (Å²) in [5.74, 6) is 0.392. The van der Waals surface area contributed by atoms with Crippen molar-refractivity contribution in [2.24, 2.45) is 0 Å². The number of hydrogen-bond donors (Lipinski definition) is 1. The molecule has 4 rings (SSSR count). The predicted octanol–water partition coefficient (Wildman–Crippen LogP) is 5.20. The molecular formula is C22H18ClN3O5. The molecule has 1 N–H and O–H groups in total. The maximum absolute atomic E-state index is 11.1. The van der Waals surface area contributed by atoms with Gasteiger partial charge in [0.2, 0.25) is 5.89 Å². The Morgan fingerprint density at radius 3 is 2.45 bits per heavy atom. The van der Waals surface area contributed by atoms with Gasteiger partial charge >= 0.3 is 12.0 Å². The average Bonchev–Trinajstić information content (AvgIpc) is 3.15. The second kappa shape index (κ2) is 8.23. The van der Waals surface area contributed by atoms with Crippen molar-refractivity contribution in [3.63, 3.8) is 0 Å². The van der Waals surface area contributed by atoms with E-state index in [4.69, 9.17) is 30.6 Å². The fraction of sp³-hybridized carbons (Fsp3) is 0.182. The van der Waals surface area contributed by atoms with Crippen molar-refractivity contribution in [2.75, 3.05) is 0 Å². The molecule has 1 unspecified atom stereocenters. The number of nitrogens with zero attached hydrogens (tertiary/aromatic N) is 3. The molecule has 1 atom stereocenters. The second-order valence-electron chi connectivity index (χ2n) is 6.96. The standard InChI is InChI=1S/C22H18ClN3O5/c1-11-8-14(9-12(2)18(11)29-13(3)21(27)28)19-25-17-10-24-22(26-20(17)31-19)30-16-6-4-15(23)5-7-16/h4-10,13H,1-3H3,(H,27,28). The summed E-state index contributed by atoms with van der Waals surface area (Å²) < 4.78 is 17.0. The zero-order valence-electron chi connectivity index (χ0n) is 16.9. The van der Waals surface area contributed by atoms with E-state index in [1.54, 1.807) is 24.3 Å². The van der Waals surface area contributed by atoms with Crippen LogP contribution in [-0.4, -0.2) is 32.1 Å². The van der Waals surface area contributed by atoms with Gasteiger partial charge in [0.05, 0.1) is 6.20 Å². The Balaban J connectivity index is 1.62. The number of aromatic nitrogens is 3. The molecule has 0 radical (unpaired) electrons. The highest BCUT2D eigenvalue weighted by Gasteiger charge is 2.18. The number of ether oxygens (including phenoxy) is 2. The summed E-state index contributed by atoms with van der Waals surface area (Å²) in [5, 5.41) is 9.69. The van der Waals surface area contributed by atoms with Crippen LogP contribution in [0.15, 0.2) is 47.0 Å². The predicted molar refractivity (Wildman–Crippen MR) is 114 cm³/mol. The molecule has 0 spiro atoms. The molecule has 0 amide bonds. The van der Waals surface area contributed by atoms with Crippen LogP contribution in [0.5, 0.6) is 17.5 Å². The van der Waals surface area contributed by atoms with Gasteiger partial charge in [-0.05, 0) is 68.3 Å². The van der Waals surface area contributed by atoms with Crippen molar-refractivity contribution in [2.45, 2.75) is 26.9 Å². The molecule has 0 aliphatic rings. The molecule has 2 heterocycles. The minimum absolute atomic E-state index is 0.122. The first-order valence-corrected chi connectivity index (χ1v) is 9.76. The topological polar surface area (TPSA) is 108 Å². The van der Waals surface area contributed by atoms with Crippen LogP contribution in [0.1, 0.15) is 18.1 Å². The normalized spacial score (nSPS) is 12.0. The SMILES string of the molecule is Cc1cc(-c2nc3cnc(Oc4ccc(Cl)cc4)nc3o2)cc(C)c1OC(C)C(=O)O. The Morgan fingerprint density at radius 2 is 1.81 bits per heavy atom. The number of rotatable bonds is 6. The first-order chi connectivity index (χ1) is 14.8. The molecule has 4 aromatic rings. The number of aliphatic carboxylic acids is 1. The van der Waals surface area contributed by atoms with E-state index in [9.17, 15) is 4.79 Å². The van der Waals surface area contributed by atoms with Gasteiger partial charge in [0.15, 0.2) is 6.10 Å². The highest BCUT2D eigenvalue weighted by atomic mass is 35.5. The molecule has 8 nitrogen and oxygen atoms in total. The third kappa shape index (κ3) is 4.44. The smallest absolute Gasteiger partial charge is 0.344 e. The molecule has 0 saturated heterocycles. The second-order valence-corrected chi connectivity index (χ2v) is 7.39. The van der Waals surface area contributed by atoms with Gasteiger partial charge in [-0.2, -0.15) is 4.98 Å². The third-order valence-electron chi connectivity index (χ3n) is 4.50. The van der Waals surface area contributed by atoms with Gasteiger partial charge in [0, 0.05) is 10.6 Å². The van der Waals surface area contributed by atoms with Crippen molar-refractivity contribution in [1.29, 1.82) is 0 Å². The van der Waals surface area contributed by atoms with Crippen LogP contribution in [0.4, 0.5) is 0 Å².